The smallest absolute Gasteiger partial charge is 0.225 e. The van der Waals surface area contributed by atoms with Crippen LogP contribution < -0.4 is 10.2 Å². The van der Waals surface area contributed by atoms with Gasteiger partial charge in [-0.2, -0.15) is 4.98 Å². The van der Waals surface area contributed by atoms with Crippen LogP contribution in [0.2, 0.25) is 0 Å². The first-order valence-corrected chi connectivity index (χ1v) is 8.31. The number of hydrogen-bond donors (Lipinski definition) is 1. The van der Waals surface area contributed by atoms with E-state index in [-0.39, 0.29) is 11.6 Å². The standard InChI is InChI=1S/C19H21FN4O/c1-12-4-5-13(2)24(12)18-8-9-21-19(23-18)22-14(3)15-6-7-16(11-25)17(20)10-15/h6-11,13-14H,1,4-5H2,2-3H3,(H,21,22,23). The SMILES string of the molecule is C=C1CCC(C)N1c1ccnc(NC(C)c2ccc(C=O)c(F)c2)n1. The Morgan fingerprint density at radius 2 is 2.24 bits per heavy atom. The van der Waals surface area contributed by atoms with E-state index in [1.54, 1.807) is 12.3 Å². The molecule has 1 aliphatic rings. The number of aromatic nitrogens is 2. The van der Waals surface area contributed by atoms with Gasteiger partial charge in [-0.1, -0.05) is 12.6 Å². The highest BCUT2D eigenvalue weighted by molar-refractivity contribution is 5.75. The van der Waals surface area contributed by atoms with Gasteiger partial charge in [-0.15, -0.1) is 0 Å². The van der Waals surface area contributed by atoms with Gasteiger partial charge in [0, 0.05) is 17.9 Å². The van der Waals surface area contributed by atoms with Crippen LogP contribution in [0.4, 0.5) is 16.2 Å². The summed E-state index contributed by atoms with van der Waals surface area (Å²) in [6.45, 7) is 8.14. The van der Waals surface area contributed by atoms with Gasteiger partial charge < -0.3 is 10.2 Å². The Morgan fingerprint density at radius 1 is 1.44 bits per heavy atom. The van der Waals surface area contributed by atoms with Crippen molar-refractivity contribution in [2.45, 2.75) is 38.8 Å². The fraction of sp³-hybridized carbons (Fsp3) is 0.316. The minimum atomic E-state index is -0.530. The molecule has 0 spiro atoms. The number of hydrogen-bond acceptors (Lipinski definition) is 5. The highest BCUT2D eigenvalue weighted by atomic mass is 19.1. The summed E-state index contributed by atoms with van der Waals surface area (Å²) in [5.74, 6) is 0.747. The first-order valence-electron chi connectivity index (χ1n) is 8.31. The molecule has 1 aromatic heterocycles. The van der Waals surface area contributed by atoms with E-state index >= 15 is 0 Å². The van der Waals surface area contributed by atoms with Crippen LogP contribution in [-0.2, 0) is 0 Å². The molecule has 0 bridgehead atoms. The van der Waals surface area contributed by atoms with Crippen molar-refractivity contribution in [1.29, 1.82) is 0 Å². The van der Waals surface area contributed by atoms with Crippen molar-refractivity contribution in [3.8, 4) is 0 Å². The molecule has 2 atom stereocenters. The van der Waals surface area contributed by atoms with Gasteiger partial charge in [-0.05, 0) is 50.5 Å². The Labute approximate surface area is 146 Å². The van der Waals surface area contributed by atoms with E-state index in [1.807, 2.05) is 13.0 Å². The number of halogens is 1. The second kappa shape index (κ2) is 7.01. The summed E-state index contributed by atoms with van der Waals surface area (Å²) in [7, 11) is 0. The Morgan fingerprint density at radius 3 is 2.88 bits per heavy atom. The molecule has 6 heteroatoms. The largest absolute Gasteiger partial charge is 0.348 e. The number of nitrogens with one attached hydrogen (secondary N) is 1. The summed E-state index contributed by atoms with van der Waals surface area (Å²) in [6.07, 6.45) is 4.23. The molecular weight excluding hydrogens is 319 g/mol. The van der Waals surface area contributed by atoms with E-state index in [2.05, 4.69) is 33.7 Å². The summed E-state index contributed by atoms with van der Waals surface area (Å²) in [4.78, 5) is 21.7. The van der Waals surface area contributed by atoms with E-state index in [4.69, 9.17) is 0 Å². The average Bonchev–Trinajstić information content (AvgIpc) is 2.93. The maximum absolute atomic E-state index is 13.8. The molecule has 5 nitrogen and oxygen atoms in total. The molecule has 1 N–H and O–H groups in total. The van der Waals surface area contributed by atoms with Gasteiger partial charge in [-0.25, -0.2) is 9.37 Å². The average molecular weight is 340 g/mol. The zero-order chi connectivity index (χ0) is 18.0. The number of rotatable bonds is 5. The van der Waals surface area contributed by atoms with Crippen molar-refractivity contribution in [1.82, 2.24) is 9.97 Å². The van der Waals surface area contributed by atoms with Gasteiger partial charge in [0.05, 0.1) is 11.6 Å². The van der Waals surface area contributed by atoms with Crippen LogP contribution in [0, 0.1) is 5.82 Å². The maximum atomic E-state index is 13.8. The van der Waals surface area contributed by atoms with Crippen LogP contribution in [0.15, 0.2) is 42.7 Å². The molecule has 1 fully saturated rings. The van der Waals surface area contributed by atoms with Crippen LogP contribution >= 0.6 is 0 Å². The third-order valence-electron chi connectivity index (χ3n) is 4.52. The zero-order valence-corrected chi connectivity index (χ0v) is 14.4. The van der Waals surface area contributed by atoms with E-state index in [0.717, 1.165) is 29.9 Å². The number of nitrogens with zero attached hydrogens (tertiary/aromatic N) is 3. The number of carbonyl (C=O) groups excluding carboxylic acids is 1. The summed E-state index contributed by atoms with van der Waals surface area (Å²) in [6, 6.07) is 6.57. The highest BCUT2D eigenvalue weighted by Gasteiger charge is 2.25. The van der Waals surface area contributed by atoms with Crippen molar-refractivity contribution in [3.05, 3.63) is 59.7 Å². The van der Waals surface area contributed by atoms with Gasteiger partial charge in [0.15, 0.2) is 6.29 Å². The topological polar surface area (TPSA) is 58.1 Å². The van der Waals surface area contributed by atoms with Gasteiger partial charge in [0.25, 0.3) is 0 Å². The van der Waals surface area contributed by atoms with Gasteiger partial charge in [-0.3, -0.25) is 4.79 Å². The van der Waals surface area contributed by atoms with Crippen molar-refractivity contribution in [3.63, 3.8) is 0 Å². The van der Waals surface area contributed by atoms with Crippen LogP contribution in [-0.4, -0.2) is 22.3 Å². The zero-order valence-electron chi connectivity index (χ0n) is 14.4. The summed E-state index contributed by atoms with van der Waals surface area (Å²) >= 11 is 0. The lowest BCUT2D eigenvalue weighted by Gasteiger charge is -2.24. The summed E-state index contributed by atoms with van der Waals surface area (Å²) in [5, 5.41) is 3.18. The van der Waals surface area contributed by atoms with Gasteiger partial charge in [0.2, 0.25) is 5.95 Å². The highest BCUT2D eigenvalue weighted by Crippen LogP contribution is 2.31. The number of allylic oxidation sites excluding steroid dienone is 1. The third-order valence-corrected chi connectivity index (χ3v) is 4.52. The predicted molar refractivity (Wildman–Crippen MR) is 96.2 cm³/mol. The Balaban J connectivity index is 1.79. The summed E-state index contributed by atoms with van der Waals surface area (Å²) < 4.78 is 13.8. The third kappa shape index (κ3) is 3.52. The predicted octanol–water partition coefficient (Wildman–Crippen LogP) is 4.10. The molecule has 2 heterocycles. The van der Waals surface area contributed by atoms with Crippen LogP contribution in [0.25, 0.3) is 0 Å². The maximum Gasteiger partial charge on any atom is 0.225 e. The first kappa shape index (κ1) is 17.1. The van der Waals surface area contributed by atoms with Crippen LogP contribution in [0.5, 0.6) is 0 Å². The fourth-order valence-electron chi connectivity index (χ4n) is 3.06. The number of aldehydes is 1. The van der Waals surface area contributed by atoms with Crippen molar-refractivity contribution in [2.75, 3.05) is 10.2 Å². The molecule has 0 aliphatic carbocycles. The fourth-order valence-corrected chi connectivity index (χ4v) is 3.06. The Bertz CT molecular complexity index is 808. The summed E-state index contributed by atoms with van der Waals surface area (Å²) in [5.41, 5.74) is 1.82. The van der Waals surface area contributed by atoms with E-state index in [9.17, 15) is 9.18 Å². The molecule has 1 saturated heterocycles. The second-order valence-electron chi connectivity index (χ2n) is 6.33. The second-order valence-corrected chi connectivity index (χ2v) is 6.33. The molecule has 25 heavy (non-hydrogen) atoms. The molecule has 0 saturated carbocycles. The molecular formula is C19H21FN4O. The molecule has 130 valence electrons. The molecule has 1 aromatic carbocycles. The van der Waals surface area contributed by atoms with Crippen LogP contribution in [0.3, 0.4) is 0 Å². The minimum absolute atomic E-state index is 0.0516. The number of carbonyl (C=O) groups is 1. The van der Waals surface area contributed by atoms with E-state index in [1.165, 1.54) is 12.1 Å². The molecule has 3 rings (SSSR count). The molecule has 2 aromatic rings. The van der Waals surface area contributed by atoms with Gasteiger partial charge in [0.1, 0.15) is 11.6 Å². The normalized spacial score (nSPS) is 18.3. The lowest BCUT2D eigenvalue weighted by molar-refractivity contribution is 0.112. The monoisotopic (exact) mass is 340 g/mol. The lowest BCUT2D eigenvalue weighted by atomic mass is 10.1. The molecule has 1 aliphatic heterocycles. The number of benzene rings is 1. The van der Waals surface area contributed by atoms with Crippen molar-refractivity contribution < 1.29 is 9.18 Å². The van der Waals surface area contributed by atoms with Crippen LogP contribution in [0.1, 0.15) is 48.7 Å². The van der Waals surface area contributed by atoms with Gasteiger partial charge >= 0.3 is 0 Å². The van der Waals surface area contributed by atoms with E-state index in [0.29, 0.717) is 18.3 Å². The lowest BCUT2D eigenvalue weighted by Crippen LogP contribution is -2.26. The van der Waals surface area contributed by atoms with Crippen molar-refractivity contribution >= 4 is 18.1 Å². The minimum Gasteiger partial charge on any atom is -0.348 e. The molecule has 2 unspecified atom stereocenters. The van der Waals surface area contributed by atoms with E-state index < -0.39 is 5.82 Å². The molecule has 0 radical (unpaired) electrons. The first-order chi connectivity index (χ1) is 12.0. The van der Waals surface area contributed by atoms with Crippen molar-refractivity contribution in [2.24, 2.45) is 0 Å². The Kier molecular flexibility index (Phi) is 4.79. The Hall–Kier alpha value is -2.76. The quantitative estimate of drug-likeness (QED) is 0.830. The number of anilines is 2. The molecule has 0 amide bonds.